The average molecular weight is 944 g/mol. The first-order valence-corrected chi connectivity index (χ1v) is 22.4. The van der Waals surface area contributed by atoms with Gasteiger partial charge in [0.2, 0.25) is 11.7 Å². The van der Waals surface area contributed by atoms with Crippen LogP contribution in [0.2, 0.25) is 0 Å². The lowest BCUT2D eigenvalue weighted by Crippen LogP contribution is -2.54. The number of carbonyl (C=O) groups excluding carboxylic acids is 5. The number of imidazole rings is 2. The number of nitrogens with zero attached hydrogens (tertiary/aromatic N) is 5. The molecule has 2 fully saturated rings. The number of rotatable bonds is 17. The number of ether oxygens (including phenoxy) is 6. The normalized spacial score (nSPS) is 17.6. The second-order valence-electron chi connectivity index (χ2n) is 16.5. The third-order valence-corrected chi connectivity index (χ3v) is 11.5. The molecule has 3 aliphatic heterocycles. The molecule has 2 aromatic heterocycles. The zero-order valence-corrected chi connectivity index (χ0v) is 38.3. The number of methoxy groups -OCH3 is 1. The number of nitrogens with one attached hydrogen (secondary N) is 4. The summed E-state index contributed by atoms with van der Waals surface area (Å²) >= 11 is 0. The number of carbonyl (C=O) groups is 5. The average Bonchev–Trinajstić information content (AvgIpc) is 4.05. The first-order chi connectivity index (χ1) is 33.4. The van der Waals surface area contributed by atoms with Gasteiger partial charge in [0.25, 0.3) is 11.8 Å². The van der Waals surface area contributed by atoms with Crippen LogP contribution in [-0.4, -0.2) is 113 Å². The number of fused-ring (bicyclic) bond motifs is 3. The first-order valence-electron chi connectivity index (χ1n) is 22.4. The van der Waals surface area contributed by atoms with Gasteiger partial charge < -0.3 is 53.5 Å². The van der Waals surface area contributed by atoms with Gasteiger partial charge in [0.1, 0.15) is 19.0 Å². The summed E-state index contributed by atoms with van der Waals surface area (Å²) in [6, 6.07) is 14.8. The van der Waals surface area contributed by atoms with Crippen molar-refractivity contribution in [1.82, 2.24) is 24.4 Å². The molecule has 3 aliphatic rings. The molecule has 0 spiro atoms. The molecule has 5 amide bonds. The van der Waals surface area contributed by atoms with Crippen LogP contribution >= 0.6 is 0 Å². The molecule has 8 rings (SSSR count). The quantitative estimate of drug-likeness (QED) is 0.0522. The van der Waals surface area contributed by atoms with Gasteiger partial charge in [-0.05, 0) is 80.6 Å². The standard InChI is InChI=1S/C49H53N9O11/c1-6-19-67-48(62)51-32-17-18-34-35(24-32)53-43(52-34)30-13-15-31(16-14-30)50-45(60)44-55-40(28-56(44)4)54-41(59)11-10-22-65-39-26-36-33(25-38(39)64-5)46(61)57-27-29(3)23-37(57)47(58(36)49(63)68-20-7-2)69-42-12-8-9-21-66-42/h6-7,13-18,24-26,28,37,42,47H,1-3,8-12,19-23,27H2,4-5H3,(H,50,60)(H,51,62)(H,52,53)(H,54,59)/t37-,42?,47?/m0/s1. The van der Waals surface area contributed by atoms with E-state index in [4.69, 9.17) is 28.4 Å². The van der Waals surface area contributed by atoms with Gasteiger partial charge in [-0.15, -0.1) is 0 Å². The van der Waals surface area contributed by atoms with E-state index in [0.717, 1.165) is 24.0 Å². The van der Waals surface area contributed by atoms with E-state index in [1.165, 1.54) is 41.0 Å². The van der Waals surface area contributed by atoms with Crippen molar-refractivity contribution in [2.75, 3.05) is 60.9 Å². The molecule has 69 heavy (non-hydrogen) atoms. The van der Waals surface area contributed by atoms with Crippen molar-refractivity contribution in [3.05, 3.63) is 110 Å². The molecule has 20 nitrogen and oxygen atoms in total. The third kappa shape index (κ3) is 10.9. The molecule has 0 bridgehead atoms. The summed E-state index contributed by atoms with van der Waals surface area (Å²) in [6.45, 7) is 12.2. The van der Waals surface area contributed by atoms with Gasteiger partial charge >= 0.3 is 12.2 Å². The number of aromatic amines is 1. The van der Waals surface area contributed by atoms with Crippen molar-refractivity contribution < 1.29 is 52.4 Å². The number of aromatic nitrogens is 4. The van der Waals surface area contributed by atoms with E-state index >= 15 is 0 Å². The molecule has 3 aromatic carbocycles. The smallest absolute Gasteiger partial charge is 0.416 e. The van der Waals surface area contributed by atoms with Crippen LogP contribution in [0.25, 0.3) is 22.4 Å². The van der Waals surface area contributed by atoms with Gasteiger partial charge in [-0.1, -0.05) is 37.5 Å². The van der Waals surface area contributed by atoms with Crippen LogP contribution < -0.4 is 30.3 Å². The van der Waals surface area contributed by atoms with Crippen LogP contribution in [0.15, 0.2) is 98.3 Å². The molecule has 4 N–H and O–H groups in total. The van der Waals surface area contributed by atoms with E-state index < -0.39 is 36.7 Å². The summed E-state index contributed by atoms with van der Waals surface area (Å²) in [6.07, 6.45) is 4.61. The van der Waals surface area contributed by atoms with Crippen molar-refractivity contribution in [3.63, 3.8) is 0 Å². The van der Waals surface area contributed by atoms with E-state index in [9.17, 15) is 24.0 Å². The van der Waals surface area contributed by atoms with Crippen molar-refractivity contribution in [2.24, 2.45) is 7.05 Å². The molecular weight excluding hydrogens is 891 g/mol. The summed E-state index contributed by atoms with van der Waals surface area (Å²) in [7, 11) is 3.08. The molecule has 360 valence electrons. The lowest BCUT2D eigenvalue weighted by molar-refractivity contribution is -0.195. The zero-order chi connectivity index (χ0) is 48.6. The highest BCUT2D eigenvalue weighted by Crippen LogP contribution is 2.43. The van der Waals surface area contributed by atoms with Gasteiger partial charge in [-0.3, -0.25) is 19.7 Å². The van der Waals surface area contributed by atoms with Crippen molar-refractivity contribution in [2.45, 2.75) is 57.1 Å². The number of hydrogen-bond donors (Lipinski definition) is 4. The van der Waals surface area contributed by atoms with Crippen LogP contribution in [0.1, 0.15) is 59.5 Å². The second kappa shape index (κ2) is 21.3. The van der Waals surface area contributed by atoms with Gasteiger partial charge in [0.05, 0.1) is 42.0 Å². The summed E-state index contributed by atoms with van der Waals surface area (Å²) in [4.78, 5) is 81.8. The fraction of sp³-hybridized carbons (Fsp3) is 0.327. The Morgan fingerprint density at radius 3 is 2.48 bits per heavy atom. The van der Waals surface area contributed by atoms with Gasteiger partial charge in [-0.2, -0.15) is 0 Å². The largest absolute Gasteiger partial charge is 0.493 e. The minimum atomic E-state index is -0.983. The maximum Gasteiger partial charge on any atom is 0.416 e. The second-order valence-corrected chi connectivity index (χ2v) is 16.5. The molecule has 2 saturated heterocycles. The minimum absolute atomic E-state index is 0.0298. The summed E-state index contributed by atoms with van der Waals surface area (Å²) in [5.74, 6) is 0.0946. The van der Waals surface area contributed by atoms with Crippen LogP contribution in [0.5, 0.6) is 11.5 Å². The van der Waals surface area contributed by atoms with E-state index in [-0.39, 0.29) is 85.4 Å². The zero-order valence-electron chi connectivity index (χ0n) is 38.3. The summed E-state index contributed by atoms with van der Waals surface area (Å²) in [5, 5.41) is 8.23. The Bertz CT molecular complexity index is 2780. The molecular formula is C49H53N9O11. The van der Waals surface area contributed by atoms with E-state index in [1.54, 1.807) is 60.5 Å². The van der Waals surface area contributed by atoms with Crippen molar-refractivity contribution in [3.8, 4) is 22.9 Å². The Morgan fingerprint density at radius 2 is 1.72 bits per heavy atom. The van der Waals surface area contributed by atoms with Crippen LogP contribution in [0.3, 0.4) is 0 Å². The molecule has 5 aromatic rings. The SMILES string of the molecule is C=CCOC(=O)Nc1ccc2nc(-c3ccc(NC(=O)c4nc(NC(=O)CCCOc5cc6c(cc5OC)C(=O)N5CC(=C)C[C@H]5C(OC5CCCCO5)N6C(=O)OCC=C)cn4C)cc3)[nH]c2c1. The molecule has 20 heteroatoms. The summed E-state index contributed by atoms with van der Waals surface area (Å²) < 4.78 is 36.3. The Balaban J connectivity index is 0.883. The highest BCUT2D eigenvalue weighted by molar-refractivity contribution is 6.06. The highest BCUT2D eigenvalue weighted by atomic mass is 16.7. The molecule has 3 atom stereocenters. The maximum atomic E-state index is 14.2. The molecule has 5 heterocycles. The minimum Gasteiger partial charge on any atom is -0.493 e. The van der Waals surface area contributed by atoms with Gasteiger partial charge in [0, 0.05) is 55.8 Å². The lowest BCUT2D eigenvalue weighted by Gasteiger charge is -2.38. The van der Waals surface area contributed by atoms with Crippen molar-refractivity contribution >= 4 is 63.8 Å². The third-order valence-electron chi connectivity index (χ3n) is 11.5. The Morgan fingerprint density at radius 1 is 0.942 bits per heavy atom. The van der Waals surface area contributed by atoms with Crippen LogP contribution in [0.4, 0.5) is 32.5 Å². The molecule has 0 saturated carbocycles. The van der Waals surface area contributed by atoms with E-state index in [1.807, 2.05) is 0 Å². The first kappa shape index (κ1) is 47.5. The molecule has 0 aliphatic carbocycles. The predicted molar refractivity (Wildman–Crippen MR) is 255 cm³/mol. The number of H-pyrrole nitrogens is 1. The Hall–Kier alpha value is -7.97. The topological polar surface area (TPSA) is 230 Å². The number of hydrogen-bond acceptors (Lipinski definition) is 13. The highest BCUT2D eigenvalue weighted by Gasteiger charge is 2.48. The van der Waals surface area contributed by atoms with Crippen molar-refractivity contribution in [1.29, 1.82) is 0 Å². The Labute approximate surface area is 397 Å². The van der Waals surface area contributed by atoms with E-state index in [0.29, 0.717) is 47.7 Å². The van der Waals surface area contributed by atoms with Crippen LogP contribution in [-0.2, 0) is 30.8 Å². The summed E-state index contributed by atoms with van der Waals surface area (Å²) in [5.41, 5.74) is 4.39. The van der Waals surface area contributed by atoms with Crippen LogP contribution in [0, 0.1) is 0 Å². The fourth-order valence-electron chi connectivity index (χ4n) is 8.26. The monoisotopic (exact) mass is 943 g/mol. The number of benzene rings is 3. The van der Waals surface area contributed by atoms with Gasteiger partial charge in [-0.25, -0.2) is 24.5 Å². The molecule has 2 unspecified atom stereocenters. The number of anilines is 4. The predicted octanol–water partition coefficient (Wildman–Crippen LogP) is 7.54. The fourth-order valence-corrected chi connectivity index (χ4v) is 8.26. The lowest BCUT2D eigenvalue weighted by atomic mass is 10.1. The van der Waals surface area contributed by atoms with E-state index in [2.05, 4.69) is 50.6 Å². The molecule has 0 radical (unpaired) electrons. The Kier molecular flexibility index (Phi) is 14.7. The maximum absolute atomic E-state index is 14.2. The number of aryl methyl sites for hydroxylation is 1. The number of amides is 5. The van der Waals surface area contributed by atoms with Gasteiger partial charge in [0.15, 0.2) is 29.8 Å².